The number of amidine groups is 1. The zero-order valence-electron chi connectivity index (χ0n) is 8.31. The van der Waals surface area contributed by atoms with Gasteiger partial charge in [-0.2, -0.15) is 0 Å². The fourth-order valence-corrected chi connectivity index (χ4v) is 1.47. The van der Waals surface area contributed by atoms with Gasteiger partial charge >= 0.3 is 5.17 Å². The van der Waals surface area contributed by atoms with Crippen LogP contribution >= 0.6 is 28.7 Å². The molecule has 0 radical (unpaired) electrons. The fourth-order valence-electron chi connectivity index (χ4n) is 0.893. The number of thioether (sulfide) groups is 1. The molecule has 3 nitrogen and oxygen atoms in total. The number of para-hydroxylation sites is 1. The highest BCUT2D eigenvalue weighted by atomic mass is 79.9. The lowest BCUT2D eigenvalue weighted by Crippen LogP contribution is -3.00. The minimum Gasteiger partial charge on any atom is -1.00 e. The molecule has 0 heterocycles. The van der Waals surface area contributed by atoms with E-state index in [2.05, 4.69) is 4.99 Å². The smallest absolute Gasteiger partial charge is 0.308 e. The highest BCUT2D eigenvalue weighted by Gasteiger charge is 2.03. The summed E-state index contributed by atoms with van der Waals surface area (Å²) in [5.41, 5.74) is 12.2. The lowest BCUT2D eigenvalue weighted by Gasteiger charge is -1.98. The third-order valence-corrected chi connectivity index (χ3v) is 2.08. The predicted octanol–water partition coefficient (Wildman–Crippen LogP) is -2.67. The first kappa shape index (κ1) is 17.4. The van der Waals surface area contributed by atoms with E-state index in [1.807, 2.05) is 37.3 Å². The third-order valence-electron chi connectivity index (χ3n) is 1.35. The molecular weight excluding hydrogens is 342 g/mol. The average molecular weight is 357 g/mol. The number of nitrogens with one attached hydrogen (secondary N) is 1. The number of hydrogen-bond donors (Lipinski definition) is 3. The van der Waals surface area contributed by atoms with Crippen molar-refractivity contribution in [3.8, 4) is 0 Å². The maximum absolute atomic E-state index is 5.70. The topological polar surface area (TPSA) is 66.0 Å². The largest absolute Gasteiger partial charge is 1.00 e. The molecule has 1 atom stereocenters. The summed E-state index contributed by atoms with van der Waals surface area (Å²) in [5, 5.41) is 0.636. The maximum atomic E-state index is 5.70. The minimum atomic E-state index is 0. The second-order valence-electron chi connectivity index (χ2n) is 2.68. The summed E-state index contributed by atoms with van der Waals surface area (Å²) in [4.78, 5) is 3.05. The van der Waals surface area contributed by atoms with E-state index < -0.39 is 0 Å². The number of benzene rings is 1. The molecule has 0 saturated heterocycles. The molecule has 5 N–H and O–H groups in total. The van der Waals surface area contributed by atoms with Crippen LogP contribution in [0.15, 0.2) is 30.3 Å². The Balaban J connectivity index is 0. The molecule has 0 aliphatic carbocycles. The highest BCUT2D eigenvalue weighted by Crippen LogP contribution is 2.01. The van der Waals surface area contributed by atoms with Crippen LogP contribution in [0.5, 0.6) is 0 Å². The fraction of sp³-hybridized carbons (Fsp3) is 0.222. The molecule has 6 heteroatoms. The van der Waals surface area contributed by atoms with Gasteiger partial charge in [-0.05, 0) is 30.8 Å². The van der Waals surface area contributed by atoms with E-state index in [9.17, 15) is 0 Å². The molecule has 0 saturated carbocycles. The molecule has 0 bridgehead atoms. The Morgan fingerprint density at radius 3 is 2.33 bits per heavy atom. The SMILES string of the molecule is Br.CC(N)SC(N)=[NH+]c1ccccc1.[Br-]. The normalized spacial score (nSPS) is 12.3. The van der Waals surface area contributed by atoms with Crippen molar-refractivity contribution in [3.05, 3.63) is 30.3 Å². The van der Waals surface area contributed by atoms with Crippen LogP contribution in [0, 0.1) is 0 Å². The van der Waals surface area contributed by atoms with Crippen molar-refractivity contribution >= 4 is 39.6 Å². The van der Waals surface area contributed by atoms with E-state index in [4.69, 9.17) is 11.5 Å². The first-order valence-corrected chi connectivity index (χ1v) is 4.93. The summed E-state index contributed by atoms with van der Waals surface area (Å²) in [6.07, 6.45) is 0. The zero-order valence-corrected chi connectivity index (χ0v) is 12.4. The highest BCUT2D eigenvalue weighted by molar-refractivity contribution is 8.93. The van der Waals surface area contributed by atoms with E-state index in [1.165, 1.54) is 11.8 Å². The third kappa shape index (κ3) is 7.84. The van der Waals surface area contributed by atoms with Gasteiger partial charge in [-0.3, -0.25) is 5.73 Å². The first-order valence-electron chi connectivity index (χ1n) is 4.05. The summed E-state index contributed by atoms with van der Waals surface area (Å²) in [6, 6.07) is 9.77. The Labute approximate surface area is 115 Å². The van der Waals surface area contributed by atoms with E-state index >= 15 is 0 Å². The molecule has 1 rings (SSSR count). The Morgan fingerprint density at radius 1 is 1.33 bits per heavy atom. The Hall–Kier alpha value is -0.0400. The number of hydrogen-bond acceptors (Lipinski definition) is 2. The Bertz CT molecular complexity index is 291. The van der Waals surface area contributed by atoms with Crippen molar-refractivity contribution in [2.24, 2.45) is 11.5 Å². The van der Waals surface area contributed by atoms with Crippen LogP contribution in [0.3, 0.4) is 0 Å². The van der Waals surface area contributed by atoms with Gasteiger partial charge in [-0.25, -0.2) is 4.99 Å². The van der Waals surface area contributed by atoms with Gasteiger partial charge in [-0.15, -0.1) is 17.0 Å². The van der Waals surface area contributed by atoms with Crippen molar-refractivity contribution in [2.75, 3.05) is 0 Å². The molecule has 0 aromatic heterocycles. The second kappa shape index (κ2) is 9.21. The van der Waals surface area contributed by atoms with Crippen molar-refractivity contribution in [1.82, 2.24) is 0 Å². The Morgan fingerprint density at radius 2 is 1.87 bits per heavy atom. The summed E-state index contributed by atoms with van der Waals surface area (Å²) in [5.74, 6) is 0. The van der Waals surface area contributed by atoms with Crippen molar-refractivity contribution in [3.63, 3.8) is 0 Å². The maximum Gasteiger partial charge on any atom is 0.308 e. The van der Waals surface area contributed by atoms with Gasteiger partial charge in [0.05, 0.1) is 5.37 Å². The van der Waals surface area contributed by atoms with Crippen LogP contribution in [-0.4, -0.2) is 10.5 Å². The van der Waals surface area contributed by atoms with Crippen LogP contribution in [0.1, 0.15) is 6.92 Å². The van der Waals surface area contributed by atoms with E-state index in [0.29, 0.717) is 5.17 Å². The monoisotopic (exact) mass is 355 g/mol. The summed E-state index contributed by atoms with van der Waals surface area (Å²) in [6.45, 7) is 1.89. The van der Waals surface area contributed by atoms with Crippen molar-refractivity contribution in [1.29, 1.82) is 0 Å². The molecule has 86 valence electrons. The van der Waals surface area contributed by atoms with Crippen LogP contribution in [-0.2, 0) is 0 Å². The van der Waals surface area contributed by atoms with Crippen molar-refractivity contribution < 1.29 is 22.0 Å². The minimum absolute atomic E-state index is 0. The van der Waals surface area contributed by atoms with Crippen molar-refractivity contribution in [2.45, 2.75) is 12.3 Å². The van der Waals surface area contributed by atoms with Gasteiger partial charge in [0.2, 0.25) is 0 Å². The molecule has 1 aromatic carbocycles. The summed E-state index contributed by atoms with van der Waals surface area (Å²) < 4.78 is 0. The number of rotatable bonds is 2. The molecule has 0 amide bonds. The van der Waals surface area contributed by atoms with Gasteiger partial charge in [0.15, 0.2) is 0 Å². The van der Waals surface area contributed by atoms with Crippen LogP contribution < -0.4 is 33.4 Å². The lowest BCUT2D eigenvalue weighted by molar-refractivity contribution is -0.351. The number of halogens is 2. The Kier molecular flexibility index (Phi) is 10.7. The standard InChI is InChI=1S/C9H13N3S.2BrH/c1-7(10)13-9(11)12-8-5-3-2-4-6-8;;/h2-7H,10H2,1H3,(H2,11,12);2*1H. The second-order valence-corrected chi connectivity index (χ2v) is 4.10. The van der Waals surface area contributed by atoms with Gasteiger partial charge < -0.3 is 22.7 Å². The number of nitrogens with two attached hydrogens (primary N) is 2. The van der Waals surface area contributed by atoms with Crippen LogP contribution in [0.4, 0.5) is 5.69 Å². The van der Waals surface area contributed by atoms with Crippen LogP contribution in [0.25, 0.3) is 0 Å². The van der Waals surface area contributed by atoms with E-state index in [1.54, 1.807) is 0 Å². The molecule has 0 fully saturated rings. The first-order chi connectivity index (χ1) is 6.18. The van der Waals surface area contributed by atoms with E-state index in [0.717, 1.165) is 5.69 Å². The molecule has 15 heavy (non-hydrogen) atoms. The van der Waals surface area contributed by atoms with Gasteiger partial charge in [-0.1, -0.05) is 18.2 Å². The van der Waals surface area contributed by atoms with Crippen LogP contribution in [0.2, 0.25) is 0 Å². The van der Waals surface area contributed by atoms with Gasteiger partial charge in [0.25, 0.3) is 0 Å². The molecular formula is C9H15Br2N3S. The van der Waals surface area contributed by atoms with Gasteiger partial charge in [0.1, 0.15) is 5.69 Å². The predicted molar refractivity (Wildman–Crippen MR) is 67.8 cm³/mol. The lowest BCUT2D eigenvalue weighted by atomic mass is 10.3. The molecule has 0 aliphatic heterocycles. The summed E-state index contributed by atoms with van der Waals surface area (Å²) in [7, 11) is 0. The summed E-state index contributed by atoms with van der Waals surface area (Å²) >= 11 is 1.41. The zero-order chi connectivity index (χ0) is 9.68. The molecule has 1 aromatic rings. The molecule has 1 unspecified atom stereocenters. The van der Waals surface area contributed by atoms with Gasteiger partial charge in [0, 0.05) is 0 Å². The molecule has 0 spiro atoms. The quantitative estimate of drug-likeness (QED) is 0.308. The molecule has 0 aliphatic rings. The van der Waals surface area contributed by atoms with E-state index in [-0.39, 0.29) is 39.3 Å². The average Bonchev–Trinajstić information content (AvgIpc) is 2.04.